The summed E-state index contributed by atoms with van der Waals surface area (Å²) in [7, 11) is 0. The van der Waals surface area contributed by atoms with Gasteiger partial charge in [0.2, 0.25) is 0 Å². The van der Waals surface area contributed by atoms with E-state index in [-0.39, 0.29) is 0 Å². The molecule has 3 rings (SSSR count). The second kappa shape index (κ2) is 3.89. The first kappa shape index (κ1) is 9.83. The highest BCUT2D eigenvalue weighted by Gasteiger charge is 2.04. The van der Waals surface area contributed by atoms with Crippen LogP contribution in [0, 0.1) is 6.92 Å². The van der Waals surface area contributed by atoms with Crippen LogP contribution in [0.1, 0.15) is 11.3 Å². The molecule has 6 heteroatoms. The van der Waals surface area contributed by atoms with E-state index in [1.165, 1.54) is 6.33 Å². The molecular weight excluding hydrogens is 218 g/mol. The maximum atomic E-state index is 5.02. The van der Waals surface area contributed by atoms with Gasteiger partial charge < -0.3 is 9.84 Å². The number of nitrogens with zero attached hydrogens (tertiary/aromatic N) is 4. The summed E-state index contributed by atoms with van der Waals surface area (Å²) in [5, 5.41) is 11.1. The van der Waals surface area contributed by atoms with Crippen molar-refractivity contribution in [1.82, 2.24) is 19.8 Å². The highest BCUT2D eigenvalue weighted by atomic mass is 16.5. The van der Waals surface area contributed by atoms with E-state index in [1.54, 1.807) is 10.7 Å². The lowest BCUT2D eigenvalue weighted by Gasteiger charge is -2.07. The Bertz CT molecular complexity index is 628. The molecule has 17 heavy (non-hydrogen) atoms. The first-order valence-corrected chi connectivity index (χ1v) is 5.27. The van der Waals surface area contributed by atoms with Crippen molar-refractivity contribution in [2.45, 2.75) is 13.5 Å². The third-order valence-corrected chi connectivity index (χ3v) is 2.46. The fraction of sp³-hybridized carbons (Fsp3) is 0.182. The Morgan fingerprint density at radius 2 is 2.35 bits per heavy atom. The number of fused-ring (bicyclic) bond motifs is 1. The van der Waals surface area contributed by atoms with E-state index in [4.69, 9.17) is 4.52 Å². The summed E-state index contributed by atoms with van der Waals surface area (Å²) >= 11 is 0. The van der Waals surface area contributed by atoms with Crippen LogP contribution in [0.4, 0.5) is 5.82 Å². The molecule has 0 aromatic carbocycles. The Morgan fingerprint density at radius 3 is 3.18 bits per heavy atom. The van der Waals surface area contributed by atoms with Crippen LogP contribution in [0.15, 0.2) is 35.2 Å². The summed E-state index contributed by atoms with van der Waals surface area (Å²) in [6.45, 7) is 2.59. The number of anilines is 1. The van der Waals surface area contributed by atoms with Crippen molar-refractivity contribution in [2.24, 2.45) is 0 Å². The molecule has 3 aromatic heterocycles. The third-order valence-electron chi connectivity index (χ3n) is 2.46. The highest BCUT2D eigenvalue weighted by molar-refractivity contribution is 5.51. The molecular formula is C11H11N5O. The summed E-state index contributed by atoms with van der Waals surface area (Å²) in [5.74, 6) is 1.66. The first-order chi connectivity index (χ1) is 8.33. The summed E-state index contributed by atoms with van der Waals surface area (Å²) < 4.78 is 6.77. The van der Waals surface area contributed by atoms with Crippen LogP contribution in [0.25, 0.3) is 5.65 Å². The predicted molar refractivity (Wildman–Crippen MR) is 61.6 cm³/mol. The standard InChI is InChI=1S/C11H11N5O/c1-8-4-10(12-6-9-2-3-15-17-9)16-11(5-8)13-7-14-16/h2-5,7,12H,6H2,1H3. The zero-order valence-corrected chi connectivity index (χ0v) is 9.29. The van der Waals surface area contributed by atoms with Gasteiger partial charge in [-0.3, -0.25) is 0 Å². The van der Waals surface area contributed by atoms with Gasteiger partial charge in [0.15, 0.2) is 11.4 Å². The summed E-state index contributed by atoms with van der Waals surface area (Å²) in [5.41, 5.74) is 1.95. The van der Waals surface area contributed by atoms with Crippen LogP contribution >= 0.6 is 0 Å². The van der Waals surface area contributed by atoms with Crippen molar-refractivity contribution in [3.05, 3.63) is 42.0 Å². The Balaban J connectivity index is 1.91. The van der Waals surface area contributed by atoms with Crippen LogP contribution in [-0.4, -0.2) is 19.8 Å². The van der Waals surface area contributed by atoms with E-state index in [0.717, 1.165) is 22.8 Å². The first-order valence-electron chi connectivity index (χ1n) is 5.27. The molecule has 0 fully saturated rings. The number of hydrogen-bond acceptors (Lipinski definition) is 5. The van der Waals surface area contributed by atoms with Gasteiger partial charge in [0.1, 0.15) is 12.1 Å². The quantitative estimate of drug-likeness (QED) is 0.739. The number of aromatic nitrogens is 4. The zero-order valence-electron chi connectivity index (χ0n) is 9.29. The summed E-state index contributed by atoms with van der Waals surface area (Å²) in [6, 6.07) is 5.81. The van der Waals surface area contributed by atoms with Gasteiger partial charge in [-0.2, -0.15) is 9.61 Å². The number of hydrogen-bond donors (Lipinski definition) is 1. The SMILES string of the molecule is Cc1cc(NCc2ccno2)n2ncnc2c1. The third kappa shape index (κ3) is 1.84. The predicted octanol–water partition coefficient (Wildman–Crippen LogP) is 1.64. The van der Waals surface area contributed by atoms with Crippen LogP contribution in [-0.2, 0) is 6.54 Å². The molecule has 0 aliphatic carbocycles. The average Bonchev–Trinajstić information content (AvgIpc) is 2.95. The van der Waals surface area contributed by atoms with E-state index in [2.05, 4.69) is 20.6 Å². The molecule has 3 aromatic rings. The lowest BCUT2D eigenvalue weighted by atomic mass is 10.3. The van der Waals surface area contributed by atoms with Gasteiger partial charge in [0, 0.05) is 6.07 Å². The number of aryl methyl sites for hydroxylation is 1. The second-order valence-corrected chi connectivity index (χ2v) is 3.78. The fourth-order valence-electron chi connectivity index (χ4n) is 1.69. The monoisotopic (exact) mass is 229 g/mol. The van der Waals surface area contributed by atoms with E-state index >= 15 is 0 Å². The van der Waals surface area contributed by atoms with Crippen molar-refractivity contribution in [3.63, 3.8) is 0 Å². The molecule has 3 heterocycles. The molecule has 0 bridgehead atoms. The molecule has 0 radical (unpaired) electrons. The van der Waals surface area contributed by atoms with Crippen LogP contribution in [0.3, 0.4) is 0 Å². The lowest BCUT2D eigenvalue weighted by Crippen LogP contribution is -2.05. The van der Waals surface area contributed by atoms with Crippen molar-refractivity contribution < 1.29 is 4.52 Å². The fourth-order valence-corrected chi connectivity index (χ4v) is 1.69. The van der Waals surface area contributed by atoms with Crippen molar-refractivity contribution >= 4 is 11.5 Å². The smallest absolute Gasteiger partial charge is 0.157 e. The summed E-state index contributed by atoms with van der Waals surface area (Å²) in [6.07, 6.45) is 3.16. The van der Waals surface area contributed by atoms with Crippen molar-refractivity contribution in [2.75, 3.05) is 5.32 Å². The van der Waals surface area contributed by atoms with Gasteiger partial charge >= 0.3 is 0 Å². The molecule has 0 saturated heterocycles. The van der Waals surface area contributed by atoms with E-state index in [0.29, 0.717) is 6.54 Å². The molecule has 0 unspecified atom stereocenters. The molecule has 0 amide bonds. The van der Waals surface area contributed by atoms with Gasteiger partial charge in [0.05, 0.1) is 12.7 Å². The van der Waals surface area contributed by atoms with E-state index < -0.39 is 0 Å². The van der Waals surface area contributed by atoms with Gasteiger partial charge in [0.25, 0.3) is 0 Å². The minimum atomic E-state index is 0.568. The Labute approximate surface area is 97.3 Å². The number of pyridine rings is 1. The molecule has 0 spiro atoms. The maximum absolute atomic E-state index is 5.02. The van der Waals surface area contributed by atoms with E-state index in [9.17, 15) is 0 Å². The molecule has 6 nitrogen and oxygen atoms in total. The topological polar surface area (TPSA) is 68.2 Å². The highest BCUT2D eigenvalue weighted by Crippen LogP contribution is 2.14. The Hall–Kier alpha value is -2.37. The molecule has 0 atom stereocenters. The van der Waals surface area contributed by atoms with Crippen molar-refractivity contribution in [1.29, 1.82) is 0 Å². The van der Waals surface area contributed by atoms with Crippen LogP contribution < -0.4 is 5.32 Å². The van der Waals surface area contributed by atoms with Gasteiger partial charge in [-0.25, -0.2) is 4.98 Å². The molecule has 0 saturated carbocycles. The van der Waals surface area contributed by atoms with Crippen molar-refractivity contribution in [3.8, 4) is 0 Å². The average molecular weight is 229 g/mol. The minimum Gasteiger partial charge on any atom is -0.363 e. The van der Waals surface area contributed by atoms with Crippen LogP contribution in [0.2, 0.25) is 0 Å². The molecule has 0 aliphatic rings. The summed E-state index contributed by atoms with van der Waals surface area (Å²) in [4.78, 5) is 4.16. The van der Waals surface area contributed by atoms with Gasteiger partial charge in [-0.05, 0) is 24.6 Å². The lowest BCUT2D eigenvalue weighted by molar-refractivity contribution is 0.388. The van der Waals surface area contributed by atoms with E-state index in [1.807, 2.05) is 25.1 Å². The van der Waals surface area contributed by atoms with Crippen LogP contribution in [0.5, 0.6) is 0 Å². The molecule has 86 valence electrons. The molecule has 1 N–H and O–H groups in total. The maximum Gasteiger partial charge on any atom is 0.157 e. The van der Waals surface area contributed by atoms with Gasteiger partial charge in [-0.15, -0.1) is 0 Å². The normalized spacial score (nSPS) is 10.9. The number of rotatable bonds is 3. The zero-order chi connectivity index (χ0) is 11.7. The Kier molecular flexibility index (Phi) is 2.25. The molecule has 0 aliphatic heterocycles. The number of nitrogens with one attached hydrogen (secondary N) is 1. The largest absolute Gasteiger partial charge is 0.363 e. The van der Waals surface area contributed by atoms with Gasteiger partial charge in [-0.1, -0.05) is 5.16 Å². The minimum absolute atomic E-state index is 0.568. The second-order valence-electron chi connectivity index (χ2n) is 3.78. The Morgan fingerprint density at radius 1 is 1.41 bits per heavy atom.